The third-order valence-corrected chi connectivity index (χ3v) is 3.59. The fourth-order valence-electron chi connectivity index (χ4n) is 2.21. The van der Waals surface area contributed by atoms with Gasteiger partial charge in [0, 0.05) is 22.3 Å². The van der Waals surface area contributed by atoms with Crippen molar-refractivity contribution in [2.24, 2.45) is 0 Å². The van der Waals surface area contributed by atoms with Gasteiger partial charge in [0.25, 0.3) is 0 Å². The van der Waals surface area contributed by atoms with Crippen LogP contribution in [0.1, 0.15) is 15.9 Å². The van der Waals surface area contributed by atoms with Gasteiger partial charge in [0.2, 0.25) is 0 Å². The second-order valence-corrected chi connectivity index (χ2v) is 5.39. The molecule has 3 aromatic rings. The van der Waals surface area contributed by atoms with Crippen LogP contribution in [0.2, 0.25) is 5.02 Å². The summed E-state index contributed by atoms with van der Waals surface area (Å²) in [7, 11) is 0. The van der Waals surface area contributed by atoms with E-state index in [0.717, 1.165) is 0 Å². The van der Waals surface area contributed by atoms with Crippen LogP contribution in [0.5, 0.6) is 0 Å². The third kappa shape index (κ3) is 3.33. The Bertz CT molecular complexity index is 850. The summed E-state index contributed by atoms with van der Waals surface area (Å²) in [5.74, 6) is 0.377. The van der Waals surface area contributed by atoms with Crippen LogP contribution in [-0.4, -0.2) is 10.8 Å². The normalized spacial score (nSPS) is 10.3. The van der Waals surface area contributed by atoms with Crippen molar-refractivity contribution in [2.75, 3.05) is 11.1 Å². The van der Waals surface area contributed by atoms with E-state index in [1.165, 1.54) is 0 Å². The maximum Gasteiger partial charge on any atom is 0.195 e. The molecule has 0 spiro atoms. The number of carbonyl (C=O) groups is 1. The Kier molecular flexibility index (Phi) is 4.26. The van der Waals surface area contributed by atoms with Crippen molar-refractivity contribution in [1.82, 2.24) is 4.98 Å². The highest BCUT2D eigenvalue weighted by molar-refractivity contribution is 6.31. The first-order valence-corrected chi connectivity index (χ1v) is 7.40. The molecule has 1 aromatic heterocycles. The maximum absolute atomic E-state index is 12.7. The minimum absolute atomic E-state index is 0.120. The molecule has 0 aliphatic heterocycles. The number of halogens is 1. The van der Waals surface area contributed by atoms with Gasteiger partial charge in [-0.15, -0.1) is 0 Å². The van der Waals surface area contributed by atoms with Crippen molar-refractivity contribution in [3.05, 3.63) is 83.0 Å². The molecule has 4 nitrogen and oxygen atoms in total. The molecule has 0 aliphatic rings. The second-order valence-electron chi connectivity index (χ2n) is 4.95. The van der Waals surface area contributed by atoms with E-state index in [4.69, 9.17) is 17.3 Å². The monoisotopic (exact) mass is 323 g/mol. The number of rotatable bonds is 4. The molecule has 0 saturated carbocycles. The number of nitrogens with two attached hydrogens (primary N) is 1. The number of hydrogen-bond donors (Lipinski definition) is 2. The number of hydrogen-bond acceptors (Lipinski definition) is 4. The molecule has 23 heavy (non-hydrogen) atoms. The van der Waals surface area contributed by atoms with Crippen LogP contribution < -0.4 is 11.1 Å². The molecule has 0 unspecified atom stereocenters. The molecule has 1 heterocycles. The standard InChI is InChI=1S/C18H14ClN3O/c19-13-8-9-16(22-18-15(20)7-4-10-21-18)14(11-13)17(23)12-5-2-1-3-6-12/h1-11H,20H2,(H,21,22). The van der Waals surface area contributed by atoms with Crippen LogP contribution in [0, 0.1) is 0 Å². The van der Waals surface area contributed by atoms with Crippen LogP contribution in [0.15, 0.2) is 66.9 Å². The topological polar surface area (TPSA) is 68.0 Å². The molecule has 0 bridgehead atoms. The lowest BCUT2D eigenvalue weighted by molar-refractivity contribution is 0.103. The lowest BCUT2D eigenvalue weighted by atomic mass is 10.0. The first-order chi connectivity index (χ1) is 11.1. The number of benzene rings is 2. The highest BCUT2D eigenvalue weighted by Gasteiger charge is 2.15. The molecular formula is C18H14ClN3O. The minimum atomic E-state index is -0.120. The van der Waals surface area contributed by atoms with E-state index in [0.29, 0.717) is 33.3 Å². The Hall–Kier alpha value is -2.85. The van der Waals surface area contributed by atoms with Crippen LogP contribution >= 0.6 is 11.6 Å². The summed E-state index contributed by atoms with van der Waals surface area (Å²) < 4.78 is 0. The zero-order valence-corrected chi connectivity index (χ0v) is 12.9. The van der Waals surface area contributed by atoms with E-state index in [9.17, 15) is 4.79 Å². The van der Waals surface area contributed by atoms with Gasteiger partial charge in [-0.1, -0.05) is 41.9 Å². The highest BCUT2D eigenvalue weighted by atomic mass is 35.5. The summed E-state index contributed by atoms with van der Waals surface area (Å²) in [6, 6.07) is 17.6. The molecule has 0 radical (unpaired) electrons. The van der Waals surface area contributed by atoms with Crippen molar-refractivity contribution < 1.29 is 4.79 Å². The molecule has 0 aliphatic carbocycles. The average Bonchev–Trinajstić information content (AvgIpc) is 2.58. The minimum Gasteiger partial charge on any atom is -0.396 e. The molecule has 0 saturated heterocycles. The van der Waals surface area contributed by atoms with Gasteiger partial charge in [-0.2, -0.15) is 0 Å². The smallest absolute Gasteiger partial charge is 0.195 e. The van der Waals surface area contributed by atoms with Crippen LogP contribution in [0.4, 0.5) is 17.2 Å². The van der Waals surface area contributed by atoms with Gasteiger partial charge in [0.15, 0.2) is 11.6 Å². The Balaban J connectivity index is 2.02. The largest absolute Gasteiger partial charge is 0.396 e. The van der Waals surface area contributed by atoms with Gasteiger partial charge < -0.3 is 11.1 Å². The fourth-order valence-corrected chi connectivity index (χ4v) is 2.38. The maximum atomic E-state index is 12.7. The van der Waals surface area contributed by atoms with E-state index in [-0.39, 0.29) is 5.78 Å². The number of nitrogens with one attached hydrogen (secondary N) is 1. The van der Waals surface area contributed by atoms with E-state index in [2.05, 4.69) is 10.3 Å². The van der Waals surface area contributed by atoms with Crippen molar-refractivity contribution in [3.63, 3.8) is 0 Å². The lowest BCUT2D eigenvalue weighted by Gasteiger charge is -2.12. The van der Waals surface area contributed by atoms with Crippen molar-refractivity contribution in [1.29, 1.82) is 0 Å². The third-order valence-electron chi connectivity index (χ3n) is 3.35. The Morgan fingerprint density at radius 2 is 1.83 bits per heavy atom. The van der Waals surface area contributed by atoms with E-state index in [1.807, 2.05) is 18.2 Å². The van der Waals surface area contributed by atoms with Crippen molar-refractivity contribution in [2.45, 2.75) is 0 Å². The zero-order valence-electron chi connectivity index (χ0n) is 12.2. The van der Waals surface area contributed by atoms with E-state index in [1.54, 1.807) is 48.7 Å². The summed E-state index contributed by atoms with van der Waals surface area (Å²) in [4.78, 5) is 16.9. The molecule has 5 heteroatoms. The van der Waals surface area contributed by atoms with Gasteiger partial charge in [-0.25, -0.2) is 4.98 Å². The van der Waals surface area contributed by atoms with Crippen molar-refractivity contribution in [3.8, 4) is 0 Å². The zero-order chi connectivity index (χ0) is 16.2. The van der Waals surface area contributed by atoms with E-state index >= 15 is 0 Å². The summed E-state index contributed by atoms with van der Waals surface area (Å²) >= 11 is 6.06. The Morgan fingerprint density at radius 1 is 1.04 bits per heavy atom. The predicted octanol–water partition coefficient (Wildman–Crippen LogP) is 4.29. The summed E-state index contributed by atoms with van der Waals surface area (Å²) in [5.41, 5.74) is 8.06. The number of ketones is 1. The molecule has 3 rings (SSSR count). The number of anilines is 3. The Morgan fingerprint density at radius 3 is 2.57 bits per heavy atom. The molecular weight excluding hydrogens is 310 g/mol. The number of nitrogen functional groups attached to an aromatic ring is 1. The fraction of sp³-hybridized carbons (Fsp3) is 0. The van der Waals surface area contributed by atoms with Crippen LogP contribution in [0.3, 0.4) is 0 Å². The van der Waals surface area contributed by atoms with Gasteiger partial charge in [0.05, 0.1) is 11.4 Å². The molecule has 0 fully saturated rings. The van der Waals surface area contributed by atoms with Crippen molar-refractivity contribution >= 4 is 34.6 Å². The van der Waals surface area contributed by atoms with Crippen LogP contribution in [-0.2, 0) is 0 Å². The molecule has 0 atom stereocenters. The van der Waals surface area contributed by atoms with Crippen LogP contribution in [0.25, 0.3) is 0 Å². The number of nitrogens with zero attached hydrogens (tertiary/aromatic N) is 1. The van der Waals surface area contributed by atoms with E-state index < -0.39 is 0 Å². The summed E-state index contributed by atoms with van der Waals surface area (Å²) in [5, 5.41) is 3.59. The second kappa shape index (κ2) is 6.50. The average molecular weight is 324 g/mol. The SMILES string of the molecule is Nc1cccnc1Nc1ccc(Cl)cc1C(=O)c1ccccc1. The van der Waals surface area contributed by atoms with Gasteiger partial charge in [-0.05, 0) is 30.3 Å². The lowest BCUT2D eigenvalue weighted by Crippen LogP contribution is -2.07. The Labute approximate surface area is 138 Å². The predicted molar refractivity (Wildman–Crippen MR) is 93.3 cm³/mol. The summed E-state index contributed by atoms with van der Waals surface area (Å²) in [6.07, 6.45) is 1.63. The number of pyridine rings is 1. The molecule has 3 N–H and O–H groups in total. The van der Waals surface area contributed by atoms with Gasteiger partial charge in [-0.3, -0.25) is 4.79 Å². The molecule has 2 aromatic carbocycles. The highest BCUT2D eigenvalue weighted by Crippen LogP contribution is 2.27. The van der Waals surface area contributed by atoms with Gasteiger partial charge in [0.1, 0.15) is 0 Å². The van der Waals surface area contributed by atoms with Gasteiger partial charge >= 0.3 is 0 Å². The molecule has 0 amide bonds. The quantitative estimate of drug-likeness (QED) is 0.703. The summed E-state index contributed by atoms with van der Waals surface area (Å²) in [6.45, 7) is 0. The first kappa shape index (κ1) is 15.1. The number of aromatic nitrogens is 1. The number of carbonyl (C=O) groups excluding carboxylic acids is 1. The molecule has 114 valence electrons. The first-order valence-electron chi connectivity index (χ1n) is 7.02.